The maximum Gasteiger partial charge on any atom is 0.254 e. The molecule has 2 fully saturated rings. The number of hydrogen-bond acceptors (Lipinski definition) is 5. The zero-order chi connectivity index (χ0) is 20.3. The number of likely N-dealkylation sites (N-methyl/N-ethyl adjacent to an activating group) is 1. The molecule has 6 nitrogen and oxygen atoms in total. The number of nitriles is 1. The van der Waals surface area contributed by atoms with Crippen LogP contribution in [0.25, 0.3) is 0 Å². The van der Waals surface area contributed by atoms with Gasteiger partial charge in [-0.1, -0.05) is 6.07 Å². The molecule has 1 amide bonds. The Morgan fingerprint density at radius 2 is 2.10 bits per heavy atom. The van der Waals surface area contributed by atoms with E-state index in [4.69, 9.17) is 10.00 Å². The molecule has 1 spiro atoms. The number of hydrogen-bond donors (Lipinski definition) is 0. The largest absolute Gasteiger partial charge is 0.376 e. The van der Waals surface area contributed by atoms with Crippen molar-refractivity contribution < 1.29 is 9.53 Å². The summed E-state index contributed by atoms with van der Waals surface area (Å²) in [5.41, 5.74) is 2.30. The van der Waals surface area contributed by atoms with Crippen molar-refractivity contribution in [3.8, 4) is 6.07 Å². The van der Waals surface area contributed by atoms with Gasteiger partial charge in [-0.3, -0.25) is 14.7 Å². The topological polar surface area (TPSA) is 69.5 Å². The molecule has 2 saturated heterocycles. The average Bonchev–Trinajstić information content (AvgIpc) is 2.73. The van der Waals surface area contributed by atoms with Crippen molar-refractivity contribution in [2.45, 2.75) is 25.0 Å². The minimum Gasteiger partial charge on any atom is -0.376 e. The Kier molecular flexibility index (Phi) is 5.61. The van der Waals surface area contributed by atoms with Crippen LogP contribution >= 0.6 is 0 Å². The molecule has 1 aromatic carbocycles. The highest BCUT2D eigenvalue weighted by Gasteiger charge is 2.50. The molecular formula is C23H26N4O2. The van der Waals surface area contributed by atoms with E-state index in [2.05, 4.69) is 23.0 Å². The first kappa shape index (κ1) is 19.6. The van der Waals surface area contributed by atoms with Gasteiger partial charge in [0.05, 0.1) is 23.8 Å². The summed E-state index contributed by atoms with van der Waals surface area (Å²) < 4.78 is 5.97. The van der Waals surface area contributed by atoms with Gasteiger partial charge in [0, 0.05) is 37.7 Å². The van der Waals surface area contributed by atoms with E-state index in [1.807, 2.05) is 17.0 Å². The van der Waals surface area contributed by atoms with Crippen molar-refractivity contribution in [3.63, 3.8) is 0 Å². The fourth-order valence-electron chi connectivity index (χ4n) is 4.46. The summed E-state index contributed by atoms with van der Waals surface area (Å²) in [6.07, 6.45) is 5.74. The molecule has 3 heterocycles. The van der Waals surface area contributed by atoms with Crippen molar-refractivity contribution >= 4 is 5.91 Å². The number of nitrogens with zero attached hydrogens (tertiary/aromatic N) is 4. The number of carbonyl (C=O) groups is 1. The van der Waals surface area contributed by atoms with E-state index < -0.39 is 0 Å². The Bertz CT molecular complexity index is 903. The summed E-state index contributed by atoms with van der Waals surface area (Å²) in [5.74, 6) is 0.518. The van der Waals surface area contributed by atoms with Crippen LogP contribution in [-0.2, 0) is 11.3 Å². The number of aromatic nitrogens is 1. The average molecular weight is 390 g/mol. The molecule has 1 aromatic heterocycles. The van der Waals surface area contributed by atoms with E-state index in [1.54, 1.807) is 36.7 Å². The summed E-state index contributed by atoms with van der Waals surface area (Å²) >= 11 is 0. The highest BCUT2D eigenvalue weighted by Crippen LogP contribution is 2.39. The second-order valence-corrected chi connectivity index (χ2v) is 8.23. The van der Waals surface area contributed by atoms with E-state index >= 15 is 0 Å². The number of piperidine rings is 1. The maximum absolute atomic E-state index is 12.8. The van der Waals surface area contributed by atoms with Crippen LogP contribution in [0.15, 0.2) is 48.8 Å². The second-order valence-electron chi connectivity index (χ2n) is 8.23. The zero-order valence-electron chi connectivity index (χ0n) is 16.8. The van der Waals surface area contributed by atoms with Gasteiger partial charge in [0.25, 0.3) is 5.91 Å². The Morgan fingerprint density at radius 1 is 1.31 bits per heavy atom. The molecule has 0 radical (unpaired) electrons. The number of ether oxygens (including phenoxy) is 1. The number of rotatable bonds is 5. The van der Waals surface area contributed by atoms with E-state index in [0.29, 0.717) is 23.7 Å². The van der Waals surface area contributed by atoms with Gasteiger partial charge in [-0.2, -0.15) is 5.26 Å². The summed E-state index contributed by atoms with van der Waals surface area (Å²) in [6.45, 7) is 3.85. The van der Waals surface area contributed by atoms with Crippen molar-refractivity contribution in [3.05, 3.63) is 65.5 Å². The van der Waals surface area contributed by atoms with Crippen molar-refractivity contribution in [1.82, 2.24) is 14.8 Å². The highest BCUT2D eigenvalue weighted by molar-refractivity contribution is 5.95. The monoisotopic (exact) mass is 390 g/mol. The van der Waals surface area contributed by atoms with Gasteiger partial charge in [0.2, 0.25) is 0 Å². The number of benzene rings is 1. The number of carbonyl (C=O) groups excluding carboxylic acids is 1. The summed E-state index contributed by atoms with van der Waals surface area (Å²) in [7, 11) is 2.16. The lowest BCUT2D eigenvalue weighted by Crippen LogP contribution is -2.72. The minimum atomic E-state index is 0.0113. The Balaban J connectivity index is 1.32. The Labute approximate surface area is 171 Å². The SMILES string of the molecule is CN1CCC(COCc2ccncc2)CC12CN(C(=O)c1cccc(C#N)c1)C2. The number of amides is 1. The molecule has 1 unspecified atom stereocenters. The van der Waals surface area contributed by atoms with Gasteiger partial charge in [-0.05, 0) is 68.2 Å². The molecule has 4 rings (SSSR count). The lowest BCUT2D eigenvalue weighted by molar-refractivity contribution is -0.0768. The van der Waals surface area contributed by atoms with Crippen LogP contribution in [-0.4, -0.2) is 59.5 Å². The number of pyridine rings is 1. The third kappa shape index (κ3) is 4.16. The predicted octanol–water partition coefficient (Wildman–Crippen LogP) is 2.71. The summed E-state index contributed by atoms with van der Waals surface area (Å²) in [4.78, 5) is 21.1. The Morgan fingerprint density at radius 3 is 2.86 bits per heavy atom. The molecule has 0 N–H and O–H groups in total. The lowest BCUT2D eigenvalue weighted by Gasteiger charge is -2.58. The van der Waals surface area contributed by atoms with Crippen LogP contribution < -0.4 is 0 Å². The quantitative estimate of drug-likeness (QED) is 0.785. The highest BCUT2D eigenvalue weighted by atomic mass is 16.5. The second kappa shape index (κ2) is 8.32. The molecule has 2 aliphatic rings. The third-order valence-corrected chi connectivity index (χ3v) is 6.22. The first-order chi connectivity index (χ1) is 14.1. The molecular weight excluding hydrogens is 364 g/mol. The fraction of sp³-hybridized carbons (Fsp3) is 0.435. The van der Waals surface area contributed by atoms with Crippen molar-refractivity contribution in [2.24, 2.45) is 5.92 Å². The van der Waals surface area contributed by atoms with Crippen LogP contribution in [0.2, 0.25) is 0 Å². The van der Waals surface area contributed by atoms with Gasteiger partial charge in [0.1, 0.15) is 0 Å². The summed E-state index contributed by atoms with van der Waals surface area (Å²) in [6, 6.07) is 13.0. The van der Waals surface area contributed by atoms with Crippen molar-refractivity contribution in [2.75, 3.05) is 33.3 Å². The van der Waals surface area contributed by atoms with Gasteiger partial charge in [0.15, 0.2) is 0 Å². The molecule has 6 heteroatoms. The number of likely N-dealkylation sites (tertiary alicyclic amines) is 2. The molecule has 0 saturated carbocycles. The smallest absolute Gasteiger partial charge is 0.254 e. The molecule has 0 aliphatic carbocycles. The van der Waals surface area contributed by atoms with Crippen LogP contribution in [0.3, 0.4) is 0 Å². The van der Waals surface area contributed by atoms with E-state index in [-0.39, 0.29) is 11.4 Å². The van der Waals surface area contributed by atoms with E-state index in [9.17, 15) is 4.79 Å². The summed E-state index contributed by atoms with van der Waals surface area (Å²) in [5, 5.41) is 9.06. The van der Waals surface area contributed by atoms with E-state index in [1.165, 1.54) is 0 Å². The molecule has 29 heavy (non-hydrogen) atoms. The molecule has 2 aromatic rings. The minimum absolute atomic E-state index is 0.0113. The predicted molar refractivity (Wildman–Crippen MR) is 109 cm³/mol. The van der Waals surface area contributed by atoms with Gasteiger partial charge in [-0.25, -0.2) is 0 Å². The van der Waals surface area contributed by atoms with Gasteiger partial charge >= 0.3 is 0 Å². The molecule has 150 valence electrons. The maximum atomic E-state index is 12.8. The van der Waals surface area contributed by atoms with Gasteiger partial charge < -0.3 is 9.64 Å². The van der Waals surface area contributed by atoms with Crippen LogP contribution in [0.5, 0.6) is 0 Å². The molecule has 1 atom stereocenters. The fourth-order valence-corrected chi connectivity index (χ4v) is 4.46. The van der Waals surface area contributed by atoms with E-state index in [0.717, 1.165) is 44.6 Å². The first-order valence-electron chi connectivity index (χ1n) is 10.1. The zero-order valence-corrected chi connectivity index (χ0v) is 16.8. The normalized spacial score (nSPS) is 20.8. The molecule has 0 bridgehead atoms. The third-order valence-electron chi connectivity index (χ3n) is 6.22. The van der Waals surface area contributed by atoms with Crippen LogP contribution in [0.1, 0.15) is 34.3 Å². The van der Waals surface area contributed by atoms with Gasteiger partial charge in [-0.15, -0.1) is 0 Å². The molecule has 2 aliphatic heterocycles. The lowest BCUT2D eigenvalue weighted by atomic mass is 9.75. The first-order valence-corrected chi connectivity index (χ1v) is 10.1. The standard InChI is InChI=1S/C23H26N4O2/c1-26-10-7-20(15-29-14-18-5-8-25-9-6-18)12-23(26)16-27(17-23)22(28)21-4-2-3-19(11-21)13-24/h2-6,8-9,11,20H,7,10,12,14-17H2,1H3. The van der Waals surface area contributed by atoms with Crippen LogP contribution in [0.4, 0.5) is 0 Å². The Hall–Kier alpha value is -2.75. The van der Waals surface area contributed by atoms with Crippen molar-refractivity contribution in [1.29, 1.82) is 5.26 Å². The van der Waals surface area contributed by atoms with Crippen LogP contribution in [0, 0.1) is 17.2 Å².